The Hall–Kier alpha value is -1.75. The number of amides is 2. The molecule has 0 saturated heterocycles. The molecule has 0 fully saturated rings. The van der Waals surface area contributed by atoms with Gasteiger partial charge < -0.3 is 10.2 Å². The van der Waals surface area contributed by atoms with E-state index in [2.05, 4.69) is 5.32 Å². The third-order valence-electron chi connectivity index (χ3n) is 4.10. The summed E-state index contributed by atoms with van der Waals surface area (Å²) >= 11 is 18.6. The molecule has 2 aromatic carbocycles. The molecule has 1 atom stereocenters. The molecule has 0 heterocycles. The lowest BCUT2D eigenvalue weighted by Crippen LogP contribution is -2.47. The van der Waals surface area contributed by atoms with Crippen molar-refractivity contribution in [1.82, 2.24) is 10.2 Å². The summed E-state index contributed by atoms with van der Waals surface area (Å²) in [5, 5.41) is 3.93. The maximum absolute atomic E-state index is 13.0. The Morgan fingerprint density at radius 1 is 1.00 bits per heavy atom. The Bertz CT molecular complexity index is 791. The van der Waals surface area contributed by atoms with Crippen LogP contribution < -0.4 is 5.32 Å². The van der Waals surface area contributed by atoms with Gasteiger partial charge in [-0.3, -0.25) is 9.59 Å². The average Bonchev–Trinajstić information content (AvgIpc) is 2.62. The maximum Gasteiger partial charge on any atom is 0.242 e. The third kappa shape index (κ3) is 4.91. The Balaban J connectivity index is 2.32. The largest absolute Gasteiger partial charge is 0.357 e. The van der Waals surface area contributed by atoms with Crippen molar-refractivity contribution in [1.29, 1.82) is 0 Å². The first kappa shape index (κ1) is 20.6. The molecule has 138 valence electrons. The zero-order valence-corrected chi connectivity index (χ0v) is 16.7. The number of rotatable bonds is 6. The SMILES string of the molecule is CNC(=O)[C@@H](C)N(Cc1ccccc1Cl)C(=O)Cc1c(Cl)cccc1Cl. The average molecular weight is 414 g/mol. The van der Waals surface area contributed by atoms with E-state index in [0.29, 0.717) is 20.6 Å². The number of hydrogen-bond acceptors (Lipinski definition) is 2. The molecule has 0 bridgehead atoms. The lowest BCUT2D eigenvalue weighted by atomic mass is 10.1. The van der Waals surface area contributed by atoms with E-state index in [1.54, 1.807) is 31.2 Å². The molecule has 1 N–H and O–H groups in total. The van der Waals surface area contributed by atoms with E-state index < -0.39 is 6.04 Å². The number of nitrogens with one attached hydrogen (secondary N) is 1. The van der Waals surface area contributed by atoms with Crippen molar-refractivity contribution in [3.8, 4) is 0 Å². The number of halogens is 3. The van der Waals surface area contributed by atoms with Gasteiger partial charge >= 0.3 is 0 Å². The molecule has 0 aromatic heterocycles. The minimum atomic E-state index is -0.676. The van der Waals surface area contributed by atoms with E-state index in [9.17, 15) is 9.59 Å². The molecular weight excluding hydrogens is 395 g/mol. The van der Waals surface area contributed by atoms with Crippen LogP contribution in [-0.4, -0.2) is 29.8 Å². The summed E-state index contributed by atoms with van der Waals surface area (Å²) in [6.45, 7) is 1.87. The highest BCUT2D eigenvalue weighted by Crippen LogP contribution is 2.26. The Kier molecular flexibility index (Phi) is 7.33. The van der Waals surface area contributed by atoms with Gasteiger partial charge in [0.15, 0.2) is 0 Å². The number of carbonyl (C=O) groups is 2. The summed E-state index contributed by atoms with van der Waals surface area (Å²) in [7, 11) is 1.53. The second-order valence-electron chi connectivity index (χ2n) is 5.78. The van der Waals surface area contributed by atoms with Crippen LogP contribution in [0.5, 0.6) is 0 Å². The monoisotopic (exact) mass is 412 g/mol. The molecule has 0 aliphatic carbocycles. The Morgan fingerprint density at radius 3 is 2.15 bits per heavy atom. The van der Waals surface area contributed by atoms with Crippen molar-refractivity contribution >= 4 is 46.6 Å². The third-order valence-corrected chi connectivity index (χ3v) is 5.18. The molecule has 4 nitrogen and oxygen atoms in total. The summed E-state index contributed by atoms with van der Waals surface area (Å²) in [6, 6.07) is 11.6. The fourth-order valence-electron chi connectivity index (χ4n) is 2.56. The van der Waals surface area contributed by atoms with Gasteiger partial charge in [0.1, 0.15) is 6.04 Å². The van der Waals surface area contributed by atoms with Gasteiger partial charge in [0, 0.05) is 28.7 Å². The van der Waals surface area contributed by atoms with Crippen molar-refractivity contribution in [2.45, 2.75) is 25.9 Å². The van der Waals surface area contributed by atoms with Gasteiger partial charge in [-0.15, -0.1) is 0 Å². The quantitative estimate of drug-likeness (QED) is 0.765. The summed E-state index contributed by atoms with van der Waals surface area (Å²) in [5.41, 5.74) is 1.29. The minimum Gasteiger partial charge on any atom is -0.357 e. The van der Waals surface area contributed by atoms with Crippen molar-refractivity contribution in [2.24, 2.45) is 0 Å². The van der Waals surface area contributed by atoms with Crippen LogP contribution >= 0.6 is 34.8 Å². The van der Waals surface area contributed by atoms with E-state index in [1.165, 1.54) is 11.9 Å². The molecule has 0 radical (unpaired) electrons. The van der Waals surface area contributed by atoms with Crippen molar-refractivity contribution in [3.05, 3.63) is 68.7 Å². The lowest BCUT2D eigenvalue weighted by Gasteiger charge is -2.29. The zero-order valence-electron chi connectivity index (χ0n) is 14.4. The summed E-state index contributed by atoms with van der Waals surface area (Å²) < 4.78 is 0. The first-order valence-electron chi connectivity index (χ1n) is 8.02. The minimum absolute atomic E-state index is 0.00963. The van der Waals surface area contributed by atoms with Gasteiger partial charge in [-0.2, -0.15) is 0 Å². The van der Waals surface area contributed by atoms with Gasteiger partial charge in [0.2, 0.25) is 11.8 Å². The van der Waals surface area contributed by atoms with Gasteiger partial charge in [0.05, 0.1) is 6.42 Å². The second kappa shape index (κ2) is 9.26. The van der Waals surface area contributed by atoms with E-state index in [1.807, 2.05) is 18.2 Å². The number of carbonyl (C=O) groups excluding carboxylic acids is 2. The number of benzene rings is 2. The Morgan fingerprint density at radius 2 is 1.58 bits per heavy atom. The smallest absolute Gasteiger partial charge is 0.242 e. The summed E-state index contributed by atoms with van der Waals surface area (Å²) in [4.78, 5) is 26.6. The van der Waals surface area contributed by atoms with Gasteiger partial charge in [0.25, 0.3) is 0 Å². The molecule has 2 amide bonds. The van der Waals surface area contributed by atoms with Crippen LogP contribution in [0.25, 0.3) is 0 Å². The molecule has 7 heteroatoms. The molecule has 0 aliphatic rings. The van der Waals surface area contributed by atoms with E-state index in [4.69, 9.17) is 34.8 Å². The maximum atomic E-state index is 13.0. The number of nitrogens with zero attached hydrogens (tertiary/aromatic N) is 1. The second-order valence-corrected chi connectivity index (χ2v) is 7.00. The van der Waals surface area contributed by atoms with Crippen LogP contribution in [0.15, 0.2) is 42.5 Å². The molecule has 26 heavy (non-hydrogen) atoms. The standard InChI is InChI=1S/C19H19Cl3N2O2/c1-12(19(26)23-2)24(11-13-6-3-4-7-15(13)20)18(25)10-14-16(21)8-5-9-17(14)22/h3-9,12H,10-11H2,1-2H3,(H,23,26)/t12-/m1/s1. The fourth-order valence-corrected chi connectivity index (χ4v) is 3.28. The molecule has 2 aromatic rings. The normalized spacial score (nSPS) is 11.7. The van der Waals surface area contributed by atoms with E-state index in [0.717, 1.165) is 5.56 Å². The van der Waals surface area contributed by atoms with Crippen molar-refractivity contribution < 1.29 is 9.59 Å². The topological polar surface area (TPSA) is 49.4 Å². The fraction of sp³-hybridized carbons (Fsp3) is 0.263. The van der Waals surface area contributed by atoms with Gasteiger partial charge in [-0.05, 0) is 36.2 Å². The Labute approximate surface area is 168 Å². The van der Waals surface area contributed by atoms with Crippen molar-refractivity contribution in [3.63, 3.8) is 0 Å². The van der Waals surface area contributed by atoms with E-state index in [-0.39, 0.29) is 24.8 Å². The molecule has 0 saturated carbocycles. The number of hydrogen-bond donors (Lipinski definition) is 1. The molecule has 2 rings (SSSR count). The summed E-state index contributed by atoms with van der Waals surface area (Å²) in [6.07, 6.45) is -0.00963. The highest BCUT2D eigenvalue weighted by Gasteiger charge is 2.27. The van der Waals surface area contributed by atoms with Gasteiger partial charge in [-0.1, -0.05) is 59.1 Å². The van der Waals surface area contributed by atoms with Crippen LogP contribution in [-0.2, 0) is 22.6 Å². The predicted molar refractivity (Wildman–Crippen MR) is 106 cm³/mol. The van der Waals surface area contributed by atoms with Crippen LogP contribution in [0.2, 0.25) is 15.1 Å². The first-order chi connectivity index (χ1) is 12.3. The molecular formula is C19H19Cl3N2O2. The molecule has 0 aliphatic heterocycles. The molecule has 0 spiro atoms. The predicted octanol–water partition coefficient (Wildman–Crippen LogP) is 4.35. The van der Waals surface area contributed by atoms with Crippen LogP contribution in [0.4, 0.5) is 0 Å². The highest BCUT2D eigenvalue weighted by atomic mass is 35.5. The molecule has 0 unspecified atom stereocenters. The summed E-state index contributed by atoms with van der Waals surface area (Å²) in [5.74, 6) is -0.535. The zero-order chi connectivity index (χ0) is 19.3. The number of likely N-dealkylation sites (N-methyl/N-ethyl adjacent to an activating group) is 1. The van der Waals surface area contributed by atoms with E-state index >= 15 is 0 Å². The van der Waals surface area contributed by atoms with Crippen molar-refractivity contribution in [2.75, 3.05) is 7.05 Å². The van der Waals surface area contributed by atoms with Crippen LogP contribution in [0.3, 0.4) is 0 Å². The van der Waals surface area contributed by atoms with Crippen LogP contribution in [0, 0.1) is 0 Å². The highest BCUT2D eigenvalue weighted by molar-refractivity contribution is 6.36. The lowest BCUT2D eigenvalue weighted by molar-refractivity contribution is -0.139. The van der Waals surface area contributed by atoms with Gasteiger partial charge in [-0.25, -0.2) is 0 Å². The van der Waals surface area contributed by atoms with Crippen LogP contribution in [0.1, 0.15) is 18.1 Å². The first-order valence-corrected chi connectivity index (χ1v) is 9.16.